The van der Waals surface area contributed by atoms with E-state index in [0.29, 0.717) is 6.42 Å². The van der Waals surface area contributed by atoms with E-state index in [9.17, 15) is 0 Å². The van der Waals surface area contributed by atoms with Gasteiger partial charge < -0.3 is 10.2 Å². The van der Waals surface area contributed by atoms with E-state index < -0.39 is 6.10 Å². The summed E-state index contributed by atoms with van der Waals surface area (Å²) in [5.74, 6) is 0. The van der Waals surface area contributed by atoms with Crippen molar-refractivity contribution >= 4 is 0 Å². The largest absolute Gasteiger partial charge is 0.392 e. The molecular formula is C9H16O2. The van der Waals surface area contributed by atoms with Gasteiger partial charge in [-0.15, -0.1) is 6.58 Å². The van der Waals surface area contributed by atoms with Gasteiger partial charge in [0.05, 0.1) is 12.7 Å². The molecule has 0 saturated heterocycles. The fourth-order valence-corrected chi connectivity index (χ4v) is 0.683. The maximum Gasteiger partial charge on any atom is 0.0721 e. The first-order chi connectivity index (χ1) is 5.20. The molecule has 0 aliphatic heterocycles. The molecule has 0 aliphatic rings. The molecule has 0 heterocycles. The minimum atomic E-state index is -0.419. The van der Waals surface area contributed by atoms with E-state index in [0.717, 1.165) is 12.0 Å². The Hall–Kier alpha value is -0.600. The number of rotatable bonds is 5. The van der Waals surface area contributed by atoms with Gasteiger partial charge in [0.2, 0.25) is 0 Å². The molecule has 0 aromatic rings. The molecule has 0 spiro atoms. The Labute approximate surface area is 67.9 Å². The Bertz CT molecular complexity index is 138. The van der Waals surface area contributed by atoms with Crippen molar-refractivity contribution in [3.05, 3.63) is 24.3 Å². The molecule has 0 aliphatic carbocycles. The molecule has 0 rings (SSSR count). The van der Waals surface area contributed by atoms with Gasteiger partial charge >= 0.3 is 0 Å². The molecule has 0 fully saturated rings. The highest BCUT2D eigenvalue weighted by Crippen LogP contribution is 2.01. The molecule has 2 N–H and O–H groups in total. The predicted molar refractivity (Wildman–Crippen MR) is 46.3 cm³/mol. The van der Waals surface area contributed by atoms with Crippen LogP contribution < -0.4 is 0 Å². The highest BCUT2D eigenvalue weighted by Gasteiger charge is 1.94. The predicted octanol–water partition coefficient (Wildman–Crippen LogP) is 1.25. The van der Waals surface area contributed by atoms with E-state index >= 15 is 0 Å². The van der Waals surface area contributed by atoms with Crippen LogP contribution >= 0.6 is 0 Å². The zero-order valence-electron chi connectivity index (χ0n) is 6.95. The second kappa shape index (κ2) is 6.13. The van der Waals surface area contributed by atoms with E-state index in [1.54, 1.807) is 0 Å². The normalized spacial score (nSPS) is 14.6. The van der Waals surface area contributed by atoms with E-state index in [1.165, 1.54) is 6.08 Å². The van der Waals surface area contributed by atoms with Crippen LogP contribution in [-0.4, -0.2) is 22.9 Å². The third kappa shape index (κ3) is 5.83. The van der Waals surface area contributed by atoms with Crippen LogP contribution in [0.1, 0.15) is 19.8 Å². The van der Waals surface area contributed by atoms with Gasteiger partial charge in [0.25, 0.3) is 0 Å². The van der Waals surface area contributed by atoms with Crippen LogP contribution in [0.4, 0.5) is 0 Å². The lowest BCUT2D eigenvalue weighted by atomic mass is 10.1. The Morgan fingerprint density at radius 2 is 2.27 bits per heavy atom. The topological polar surface area (TPSA) is 40.5 Å². The average Bonchev–Trinajstić information content (AvgIpc) is 2.04. The second-order valence-electron chi connectivity index (χ2n) is 2.59. The van der Waals surface area contributed by atoms with Crippen LogP contribution in [0, 0.1) is 0 Å². The fraction of sp³-hybridized carbons (Fsp3) is 0.556. The molecule has 2 heteroatoms. The van der Waals surface area contributed by atoms with Crippen molar-refractivity contribution in [2.24, 2.45) is 0 Å². The van der Waals surface area contributed by atoms with Crippen LogP contribution in [0.2, 0.25) is 0 Å². The van der Waals surface area contributed by atoms with E-state index in [-0.39, 0.29) is 6.61 Å². The van der Waals surface area contributed by atoms with Gasteiger partial charge in [-0.2, -0.15) is 0 Å². The molecule has 2 nitrogen and oxygen atoms in total. The molecule has 64 valence electrons. The summed E-state index contributed by atoms with van der Waals surface area (Å²) in [7, 11) is 0. The zero-order chi connectivity index (χ0) is 8.69. The van der Waals surface area contributed by atoms with Gasteiger partial charge in [-0.1, -0.05) is 17.7 Å². The van der Waals surface area contributed by atoms with Crippen molar-refractivity contribution in [2.75, 3.05) is 6.61 Å². The Kier molecular flexibility index (Phi) is 5.80. The molecule has 0 saturated carbocycles. The van der Waals surface area contributed by atoms with Crippen LogP contribution in [0.3, 0.4) is 0 Å². The average molecular weight is 156 g/mol. The third-order valence-electron chi connectivity index (χ3n) is 1.48. The van der Waals surface area contributed by atoms with Crippen molar-refractivity contribution in [3.63, 3.8) is 0 Å². The van der Waals surface area contributed by atoms with Gasteiger partial charge in [-0.25, -0.2) is 0 Å². The lowest BCUT2D eigenvalue weighted by Gasteiger charge is -2.01. The zero-order valence-corrected chi connectivity index (χ0v) is 6.95. The van der Waals surface area contributed by atoms with Crippen LogP contribution in [0.25, 0.3) is 0 Å². The number of allylic oxidation sites excluding steroid dienone is 1. The molecule has 0 amide bonds. The first kappa shape index (κ1) is 10.4. The highest BCUT2D eigenvalue weighted by atomic mass is 16.3. The molecule has 1 atom stereocenters. The summed E-state index contributed by atoms with van der Waals surface area (Å²) in [4.78, 5) is 0. The smallest absolute Gasteiger partial charge is 0.0721 e. The summed E-state index contributed by atoms with van der Waals surface area (Å²) in [6.45, 7) is 5.42. The Morgan fingerprint density at radius 1 is 1.64 bits per heavy atom. The van der Waals surface area contributed by atoms with Gasteiger partial charge in [-0.3, -0.25) is 0 Å². The molecule has 0 radical (unpaired) electrons. The van der Waals surface area contributed by atoms with E-state index in [4.69, 9.17) is 10.2 Å². The maximum absolute atomic E-state index is 9.03. The summed E-state index contributed by atoms with van der Waals surface area (Å²) in [6, 6.07) is 0. The van der Waals surface area contributed by atoms with Gasteiger partial charge in [0.1, 0.15) is 0 Å². The lowest BCUT2D eigenvalue weighted by molar-refractivity contribution is 0.214. The van der Waals surface area contributed by atoms with Crippen LogP contribution in [0.5, 0.6) is 0 Å². The third-order valence-corrected chi connectivity index (χ3v) is 1.48. The fourth-order valence-electron chi connectivity index (χ4n) is 0.683. The minimum absolute atomic E-state index is 0.101. The molecular weight excluding hydrogens is 140 g/mol. The minimum Gasteiger partial charge on any atom is -0.392 e. The monoisotopic (exact) mass is 156 g/mol. The summed E-state index contributed by atoms with van der Waals surface area (Å²) in [5, 5.41) is 17.6. The SMILES string of the molecule is C=CC(O)CCC=C(C)CO. The Morgan fingerprint density at radius 3 is 2.73 bits per heavy atom. The van der Waals surface area contributed by atoms with Crippen molar-refractivity contribution < 1.29 is 10.2 Å². The van der Waals surface area contributed by atoms with Crippen molar-refractivity contribution in [1.29, 1.82) is 0 Å². The quantitative estimate of drug-likeness (QED) is 0.588. The van der Waals surface area contributed by atoms with E-state index in [1.807, 2.05) is 13.0 Å². The first-order valence-corrected chi connectivity index (χ1v) is 3.77. The van der Waals surface area contributed by atoms with Crippen LogP contribution in [-0.2, 0) is 0 Å². The first-order valence-electron chi connectivity index (χ1n) is 3.77. The maximum atomic E-state index is 9.03. The summed E-state index contributed by atoms with van der Waals surface area (Å²) in [6.07, 6.45) is 4.49. The summed E-state index contributed by atoms with van der Waals surface area (Å²) < 4.78 is 0. The molecule has 11 heavy (non-hydrogen) atoms. The van der Waals surface area contributed by atoms with Gasteiger partial charge in [0, 0.05) is 0 Å². The highest BCUT2D eigenvalue weighted by molar-refractivity contribution is 4.98. The second-order valence-corrected chi connectivity index (χ2v) is 2.59. The van der Waals surface area contributed by atoms with E-state index in [2.05, 4.69) is 6.58 Å². The number of aliphatic hydroxyl groups excluding tert-OH is 2. The standard InChI is InChI=1S/C9H16O2/c1-3-9(11)6-4-5-8(2)7-10/h3,5,9-11H,1,4,6-7H2,2H3. The van der Waals surface area contributed by atoms with Gasteiger partial charge in [0.15, 0.2) is 0 Å². The lowest BCUT2D eigenvalue weighted by Crippen LogP contribution is -1.99. The van der Waals surface area contributed by atoms with Crippen molar-refractivity contribution in [2.45, 2.75) is 25.9 Å². The Balaban J connectivity index is 3.47. The summed E-state index contributed by atoms with van der Waals surface area (Å²) >= 11 is 0. The molecule has 1 unspecified atom stereocenters. The van der Waals surface area contributed by atoms with Crippen LogP contribution in [0.15, 0.2) is 24.3 Å². The number of aliphatic hydroxyl groups is 2. The molecule has 0 aromatic carbocycles. The number of hydrogen-bond acceptors (Lipinski definition) is 2. The summed E-state index contributed by atoms with van der Waals surface area (Å²) in [5.41, 5.74) is 0.946. The number of hydrogen-bond donors (Lipinski definition) is 2. The molecule has 0 bridgehead atoms. The van der Waals surface area contributed by atoms with Gasteiger partial charge in [-0.05, 0) is 19.8 Å². The van der Waals surface area contributed by atoms with Crippen molar-refractivity contribution in [1.82, 2.24) is 0 Å². The van der Waals surface area contributed by atoms with Crippen molar-refractivity contribution in [3.8, 4) is 0 Å². The molecule has 0 aromatic heterocycles.